The van der Waals surface area contributed by atoms with Gasteiger partial charge in [0.25, 0.3) is 0 Å². The van der Waals surface area contributed by atoms with Crippen LogP contribution >= 0.6 is 0 Å². The van der Waals surface area contributed by atoms with E-state index in [0.717, 1.165) is 0 Å². The molecule has 2 fully saturated rings. The SMILES string of the molecule is COC(=O)c1ccccc1N1C[C@@H]2C(=O)NC(=O)[C@@H]2C1. The molecular formula is C14H14N2O4. The number of hydrogen-bond acceptors (Lipinski definition) is 5. The maximum absolute atomic E-state index is 11.8. The van der Waals surface area contributed by atoms with Gasteiger partial charge in [-0.15, -0.1) is 0 Å². The van der Waals surface area contributed by atoms with Crippen molar-refractivity contribution in [3.8, 4) is 0 Å². The zero-order valence-electron chi connectivity index (χ0n) is 11.0. The zero-order valence-corrected chi connectivity index (χ0v) is 11.0. The van der Waals surface area contributed by atoms with Gasteiger partial charge in [-0.2, -0.15) is 0 Å². The van der Waals surface area contributed by atoms with Crippen molar-refractivity contribution in [1.29, 1.82) is 0 Å². The van der Waals surface area contributed by atoms with E-state index in [2.05, 4.69) is 5.32 Å². The fourth-order valence-corrected chi connectivity index (χ4v) is 2.87. The summed E-state index contributed by atoms with van der Waals surface area (Å²) in [7, 11) is 1.33. The predicted octanol–water partition coefficient (Wildman–Crippen LogP) is 0.182. The molecule has 0 saturated carbocycles. The molecule has 0 unspecified atom stereocenters. The van der Waals surface area contributed by atoms with Crippen molar-refractivity contribution in [3.05, 3.63) is 29.8 Å². The van der Waals surface area contributed by atoms with E-state index in [-0.39, 0.29) is 23.7 Å². The molecule has 20 heavy (non-hydrogen) atoms. The number of nitrogens with one attached hydrogen (secondary N) is 1. The van der Waals surface area contributed by atoms with Crippen molar-refractivity contribution >= 4 is 23.5 Å². The van der Waals surface area contributed by atoms with E-state index in [9.17, 15) is 14.4 Å². The molecule has 3 rings (SSSR count). The van der Waals surface area contributed by atoms with Crippen LogP contribution in [0.25, 0.3) is 0 Å². The number of benzene rings is 1. The minimum absolute atomic E-state index is 0.224. The Bertz CT molecular complexity index is 577. The summed E-state index contributed by atoms with van der Waals surface area (Å²) in [4.78, 5) is 37.0. The molecule has 1 aromatic carbocycles. The number of imide groups is 1. The topological polar surface area (TPSA) is 75.7 Å². The standard InChI is InChI=1S/C14H14N2O4/c1-20-14(19)8-4-2-3-5-11(8)16-6-9-10(7-16)13(18)15-12(9)17/h2-5,9-10H,6-7H2,1H3,(H,15,17,18)/t9-,10+. The molecule has 0 radical (unpaired) electrons. The van der Waals surface area contributed by atoms with Crippen molar-refractivity contribution < 1.29 is 19.1 Å². The first-order valence-corrected chi connectivity index (χ1v) is 6.39. The van der Waals surface area contributed by atoms with E-state index in [1.165, 1.54) is 7.11 Å². The summed E-state index contributed by atoms with van der Waals surface area (Å²) in [5, 5.41) is 2.34. The third kappa shape index (κ3) is 1.84. The minimum Gasteiger partial charge on any atom is -0.465 e. The largest absolute Gasteiger partial charge is 0.465 e. The van der Waals surface area contributed by atoms with E-state index in [1.54, 1.807) is 18.2 Å². The molecule has 2 heterocycles. The van der Waals surface area contributed by atoms with Gasteiger partial charge in [-0.25, -0.2) is 4.79 Å². The lowest BCUT2D eigenvalue weighted by atomic mass is 10.00. The molecule has 1 N–H and O–H groups in total. The molecule has 2 saturated heterocycles. The summed E-state index contributed by atoms with van der Waals surface area (Å²) >= 11 is 0. The molecule has 104 valence electrons. The van der Waals surface area contributed by atoms with Crippen LogP contribution in [0.5, 0.6) is 0 Å². The Hall–Kier alpha value is -2.37. The fourth-order valence-electron chi connectivity index (χ4n) is 2.87. The first kappa shape index (κ1) is 12.7. The van der Waals surface area contributed by atoms with Crippen LogP contribution in [-0.2, 0) is 14.3 Å². The quantitative estimate of drug-likeness (QED) is 0.615. The number of ether oxygens (including phenoxy) is 1. The van der Waals surface area contributed by atoms with Gasteiger partial charge >= 0.3 is 5.97 Å². The highest BCUT2D eigenvalue weighted by Crippen LogP contribution is 2.33. The Morgan fingerprint density at radius 2 is 1.80 bits per heavy atom. The van der Waals surface area contributed by atoms with Crippen molar-refractivity contribution in [3.63, 3.8) is 0 Å². The number of anilines is 1. The molecule has 2 atom stereocenters. The number of carbonyl (C=O) groups excluding carboxylic acids is 3. The van der Waals surface area contributed by atoms with Crippen LogP contribution in [0.15, 0.2) is 24.3 Å². The molecular weight excluding hydrogens is 260 g/mol. The molecule has 2 aliphatic heterocycles. The lowest BCUT2D eigenvalue weighted by Crippen LogP contribution is -2.32. The van der Waals surface area contributed by atoms with Gasteiger partial charge in [-0.1, -0.05) is 12.1 Å². The fraction of sp³-hybridized carbons (Fsp3) is 0.357. The summed E-state index contributed by atoms with van der Waals surface area (Å²) in [5.74, 6) is -1.52. The van der Waals surface area contributed by atoms with Crippen LogP contribution in [0.3, 0.4) is 0 Å². The van der Waals surface area contributed by atoms with E-state index in [1.807, 2.05) is 11.0 Å². The first-order valence-electron chi connectivity index (χ1n) is 6.39. The van der Waals surface area contributed by atoms with Gasteiger partial charge in [-0.3, -0.25) is 14.9 Å². The molecule has 0 spiro atoms. The molecule has 0 aromatic heterocycles. The number of fused-ring (bicyclic) bond motifs is 1. The molecule has 2 amide bonds. The predicted molar refractivity (Wildman–Crippen MR) is 70.1 cm³/mol. The van der Waals surface area contributed by atoms with E-state index in [0.29, 0.717) is 24.3 Å². The van der Waals surface area contributed by atoms with Crippen molar-refractivity contribution in [2.75, 3.05) is 25.1 Å². The summed E-state index contributed by atoms with van der Waals surface area (Å²) < 4.78 is 4.76. The van der Waals surface area contributed by atoms with Crippen LogP contribution in [0, 0.1) is 11.8 Å². The van der Waals surface area contributed by atoms with Crippen LogP contribution in [-0.4, -0.2) is 38.0 Å². The number of rotatable bonds is 2. The number of esters is 1. The number of para-hydroxylation sites is 1. The average Bonchev–Trinajstić information content (AvgIpc) is 3.00. The highest BCUT2D eigenvalue weighted by Gasteiger charge is 2.48. The summed E-state index contributed by atoms with van der Waals surface area (Å²) in [5.41, 5.74) is 1.15. The number of nitrogens with zero attached hydrogens (tertiary/aromatic N) is 1. The third-order valence-corrected chi connectivity index (χ3v) is 3.89. The second-order valence-corrected chi connectivity index (χ2v) is 4.98. The number of carbonyl (C=O) groups is 3. The van der Waals surface area contributed by atoms with Gasteiger partial charge in [0.1, 0.15) is 0 Å². The Morgan fingerprint density at radius 1 is 1.20 bits per heavy atom. The lowest BCUT2D eigenvalue weighted by Gasteiger charge is -2.21. The van der Waals surface area contributed by atoms with E-state index >= 15 is 0 Å². The lowest BCUT2D eigenvalue weighted by molar-refractivity contribution is -0.126. The average molecular weight is 274 g/mol. The normalized spacial score (nSPS) is 24.6. The van der Waals surface area contributed by atoms with Gasteiger partial charge in [0.2, 0.25) is 11.8 Å². The maximum atomic E-state index is 11.8. The smallest absolute Gasteiger partial charge is 0.339 e. The summed E-state index contributed by atoms with van der Waals surface area (Å²) in [6, 6.07) is 7.05. The molecule has 0 aliphatic carbocycles. The van der Waals surface area contributed by atoms with E-state index in [4.69, 9.17) is 4.74 Å². The van der Waals surface area contributed by atoms with E-state index < -0.39 is 5.97 Å². The third-order valence-electron chi connectivity index (χ3n) is 3.89. The summed E-state index contributed by atoms with van der Waals surface area (Å²) in [6.07, 6.45) is 0. The summed E-state index contributed by atoms with van der Waals surface area (Å²) in [6.45, 7) is 0.881. The van der Waals surface area contributed by atoms with Crippen molar-refractivity contribution in [2.45, 2.75) is 0 Å². The van der Waals surface area contributed by atoms with Gasteiger partial charge in [0, 0.05) is 13.1 Å². The molecule has 6 heteroatoms. The second-order valence-electron chi connectivity index (χ2n) is 4.98. The van der Waals surface area contributed by atoms with Crippen molar-refractivity contribution in [2.24, 2.45) is 11.8 Å². The molecule has 6 nitrogen and oxygen atoms in total. The Morgan fingerprint density at radius 3 is 2.40 bits per heavy atom. The van der Waals surface area contributed by atoms with Crippen molar-refractivity contribution in [1.82, 2.24) is 5.32 Å². The Balaban J connectivity index is 1.91. The number of hydrogen-bond donors (Lipinski definition) is 1. The minimum atomic E-state index is -0.423. The first-order chi connectivity index (χ1) is 9.61. The Kier molecular flexibility index (Phi) is 2.93. The van der Waals surface area contributed by atoms with Crippen LogP contribution in [0.2, 0.25) is 0 Å². The molecule has 2 aliphatic rings. The molecule has 1 aromatic rings. The zero-order chi connectivity index (χ0) is 14.3. The number of amides is 2. The number of methoxy groups -OCH3 is 1. The molecule has 0 bridgehead atoms. The van der Waals surface area contributed by atoms with Gasteiger partial charge in [0.05, 0.1) is 30.2 Å². The van der Waals surface area contributed by atoms with Crippen LogP contribution in [0.1, 0.15) is 10.4 Å². The van der Waals surface area contributed by atoms with Gasteiger partial charge in [-0.05, 0) is 12.1 Å². The highest BCUT2D eigenvalue weighted by atomic mass is 16.5. The highest BCUT2D eigenvalue weighted by molar-refractivity contribution is 6.06. The van der Waals surface area contributed by atoms with Crippen LogP contribution in [0.4, 0.5) is 5.69 Å². The Labute approximate surface area is 115 Å². The second kappa shape index (κ2) is 4.63. The van der Waals surface area contributed by atoms with Gasteiger partial charge < -0.3 is 9.64 Å². The van der Waals surface area contributed by atoms with Crippen LogP contribution < -0.4 is 10.2 Å². The van der Waals surface area contributed by atoms with Gasteiger partial charge in [0.15, 0.2) is 0 Å². The maximum Gasteiger partial charge on any atom is 0.339 e. The monoisotopic (exact) mass is 274 g/mol.